The van der Waals surface area contributed by atoms with Crippen molar-refractivity contribution >= 4 is 0 Å². The smallest absolute Gasteiger partial charge is 0.0414 e. The fourth-order valence-corrected chi connectivity index (χ4v) is 2.41. The maximum absolute atomic E-state index is 2.33. The third-order valence-electron chi connectivity index (χ3n) is 3.34. The topological polar surface area (TPSA) is 0 Å². The Bertz CT molecular complexity index is 96.6. The van der Waals surface area contributed by atoms with Gasteiger partial charge in [-0.05, 0) is 12.3 Å². The predicted octanol–water partition coefficient (Wildman–Crippen LogP) is 4.74. The Labute approximate surface area is 84.1 Å². The van der Waals surface area contributed by atoms with Gasteiger partial charge in [-0.1, -0.05) is 71.1 Å². The minimum atomic E-state index is 1.05. The summed E-state index contributed by atoms with van der Waals surface area (Å²) in [5.41, 5.74) is 0. The van der Waals surface area contributed by atoms with Crippen LogP contribution < -0.4 is 0 Å². The Hall–Kier alpha value is 0. The zero-order valence-electron chi connectivity index (χ0n) is 9.23. The van der Waals surface area contributed by atoms with E-state index in [-0.39, 0.29) is 0 Å². The van der Waals surface area contributed by atoms with Crippen LogP contribution in [0.1, 0.15) is 71.1 Å². The van der Waals surface area contributed by atoms with Crippen molar-refractivity contribution < 1.29 is 0 Å². The maximum Gasteiger partial charge on any atom is -0.0414 e. The van der Waals surface area contributed by atoms with Crippen LogP contribution in [0.5, 0.6) is 0 Å². The lowest BCUT2D eigenvalue weighted by molar-refractivity contribution is 0.399. The third-order valence-corrected chi connectivity index (χ3v) is 3.34. The van der Waals surface area contributed by atoms with E-state index in [1.807, 2.05) is 0 Å². The molecule has 0 heteroatoms. The molecule has 1 aliphatic carbocycles. The van der Waals surface area contributed by atoms with Crippen LogP contribution in [0.4, 0.5) is 0 Å². The van der Waals surface area contributed by atoms with Gasteiger partial charge in [-0.25, -0.2) is 0 Å². The van der Waals surface area contributed by atoms with Gasteiger partial charge in [-0.15, -0.1) is 0 Å². The first-order valence-electron chi connectivity index (χ1n) is 6.21. The van der Waals surface area contributed by atoms with Crippen LogP contribution in [0.15, 0.2) is 0 Å². The largest absolute Gasteiger partial charge is 0.0623 e. The zero-order chi connectivity index (χ0) is 9.36. The fraction of sp³-hybridized carbons (Fsp3) is 0.923. The van der Waals surface area contributed by atoms with E-state index in [1.165, 1.54) is 64.2 Å². The lowest BCUT2D eigenvalue weighted by Gasteiger charge is -2.14. The molecule has 0 N–H and O–H groups in total. The summed E-state index contributed by atoms with van der Waals surface area (Å²) in [6.07, 6.45) is 17.1. The minimum Gasteiger partial charge on any atom is -0.0623 e. The maximum atomic E-state index is 2.33. The molecule has 0 aromatic rings. The molecular formula is C13H25. The van der Waals surface area contributed by atoms with Crippen LogP contribution in [-0.2, 0) is 0 Å². The average Bonchev–Trinajstić information content (AvgIpc) is 2.28. The average molecular weight is 181 g/mol. The van der Waals surface area contributed by atoms with Crippen molar-refractivity contribution in [2.24, 2.45) is 5.92 Å². The van der Waals surface area contributed by atoms with Crippen LogP contribution in [0.25, 0.3) is 0 Å². The van der Waals surface area contributed by atoms with E-state index >= 15 is 0 Å². The van der Waals surface area contributed by atoms with Crippen LogP contribution in [0, 0.1) is 12.3 Å². The first-order chi connectivity index (χ1) is 6.43. The first-order valence-corrected chi connectivity index (χ1v) is 6.21. The fourth-order valence-electron chi connectivity index (χ4n) is 2.41. The summed E-state index contributed by atoms with van der Waals surface area (Å²) in [5, 5.41) is 0. The van der Waals surface area contributed by atoms with Crippen molar-refractivity contribution in [1.29, 1.82) is 0 Å². The molecule has 1 aliphatic rings. The van der Waals surface area contributed by atoms with Crippen LogP contribution in [0.2, 0.25) is 0 Å². The van der Waals surface area contributed by atoms with E-state index in [1.54, 1.807) is 0 Å². The summed E-state index contributed by atoms with van der Waals surface area (Å²) >= 11 is 0. The number of rotatable bonds is 3. The van der Waals surface area contributed by atoms with E-state index in [4.69, 9.17) is 0 Å². The molecule has 0 aromatic heterocycles. The van der Waals surface area contributed by atoms with Crippen molar-refractivity contribution in [2.45, 2.75) is 71.1 Å². The van der Waals surface area contributed by atoms with E-state index in [0.29, 0.717) is 0 Å². The summed E-state index contributed by atoms with van der Waals surface area (Å²) in [5.74, 6) is 1.05. The standard InChI is InChI=1S/C13H25/c1-2-3-10-13-11-8-6-4-5-7-9-12-13/h2,13H,3-12H2,1H3. The molecule has 0 unspecified atom stereocenters. The highest BCUT2D eigenvalue weighted by Gasteiger charge is 2.09. The molecule has 1 saturated carbocycles. The zero-order valence-corrected chi connectivity index (χ0v) is 9.23. The SMILES string of the molecule is C[CH]CCC1CCCCCCCC1. The minimum absolute atomic E-state index is 1.05. The van der Waals surface area contributed by atoms with E-state index in [9.17, 15) is 0 Å². The molecule has 0 aliphatic heterocycles. The molecule has 0 heterocycles. The van der Waals surface area contributed by atoms with Gasteiger partial charge in [0, 0.05) is 0 Å². The predicted molar refractivity (Wildman–Crippen MR) is 59.6 cm³/mol. The van der Waals surface area contributed by atoms with Crippen LogP contribution in [-0.4, -0.2) is 0 Å². The molecule has 1 radical (unpaired) electrons. The summed E-state index contributed by atoms with van der Waals surface area (Å²) in [6, 6.07) is 0. The number of hydrogen-bond acceptors (Lipinski definition) is 0. The summed E-state index contributed by atoms with van der Waals surface area (Å²) in [4.78, 5) is 0. The number of hydrogen-bond donors (Lipinski definition) is 0. The molecular weight excluding hydrogens is 156 g/mol. The molecule has 0 saturated heterocycles. The number of unbranched alkanes of at least 4 members (excludes halogenated alkanes) is 1. The molecule has 1 rings (SSSR count). The van der Waals surface area contributed by atoms with Gasteiger partial charge < -0.3 is 0 Å². The van der Waals surface area contributed by atoms with Gasteiger partial charge in [0.2, 0.25) is 0 Å². The van der Waals surface area contributed by atoms with E-state index in [2.05, 4.69) is 13.3 Å². The highest BCUT2D eigenvalue weighted by molar-refractivity contribution is 4.66. The second-order valence-corrected chi connectivity index (χ2v) is 4.55. The van der Waals surface area contributed by atoms with Gasteiger partial charge in [0.25, 0.3) is 0 Å². The van der Waals surface area contributed by atoms with Gasteiger partial charge >= 0.3 is 0 Å². The molecule has 0 atom stereocenters. The van der Waals surface area contributed by atoms with Gasteiger partial charge in [-0.3, -0.25) is 0 Å². The normalized spacial score (nSPS) is 21.9. The summed E-state index contributed by atoms with van der Waals surface area (Å²) < 4.78 is 0. The monoisotopic (exact) mass is 181 g/mol. The van der Waals surface area contributed by atoms with Gasteiger partial charge in [0.05, 0.1) is 0 Å². The lowest BCUT2D eigenvalue weighted by atomic mass is 9.92. The van der Waals surface area contributed by atoms with Crippen LogP contribution in [0.3, 0.4) is 0 Å². The Kier molecular flexibility index (Phi) is 6.31. The van der Waals surface area contributed by atoms with Gasteiger partial charge in [-0.2, -0.15) is 0 Å². The molecule has 0 aromatic carbocycles. The van der Waals surface area contributed by atoms with E-state index < -0.39 is 0 Å². The Morgan fingerprint density at radius 3 is 2.00 bits per heavy atom. The Morgan fingerprint density at radius 1 is 0.923 bits per heavy atom. The highest BCUT2D eigenvalue weighted by atomic mass is 14.1. The van der Waals surface area contributed by atoms with Crippen LogP contribution >= 0.6 is 0 Å². The molecule has 1 fully saturated rings. The Balaban J connectivity index is 2.16. The van der Waals surface area contributed by atoms with E-state index in [0.717, 1.165) is 5.92 Å². The van der Waals surface area contributed by atoms with Crippen molar-refractivity contribution in [3.63, 3.8) is 0 Å². The molecule has 13 heavy (non-hydrogen) atoms. The molecule has 0 amide bonds. The first kappa shape index (κ1) is 11.1. The van der Waals surface area contributed by atoms with Crippen molar-refractivity contribution in [1.82, 2.24) is 0 Å². The lowest BCUT2D eigenvalue weighted by Crippen LogP contribution is -2.00. The quantitative estimate of drug-likeness (QED) is 0.590. The van der Waals surface area contributed by atoms with Crippen molar-refractivity contribution in [2.75, 3.05) is 0 Å². The van der Waals surface area contributed by atoms with Gasteiger partial charge in [0.15, 0.2) is 0 Å². The summed E-state index contributed by atoms with van der Waals surface area (Å²) in [7, 11) is 0. The summed E-state index contributed by atoms with van der Waals surface area (Å²) in [6.45, 7) is 2.19. The molecule has 77 valence electrons. The molecule has 0 bridgehead atoms. The second-order valence-electron chi connectivity index (χ2n) is 4.55. The third kappa shape index (κ3) is 5.33. The van der Waals surface area contributed by atoms with Crippen molar-refractivity contribution in [3.8, 4) is 0 Å². The van der Waals surface area contributed by atoms with Crippen molar-refractivity contribution in [3.05, 3.63) is 6.42 Å². The second kappa shape index (κ2) is 7.41. The van der Waals surface area contributed by atoms with Gasteiger partial charge in [0.1, 0.15) is 0 Å². The molecule has 0 nitrogen and oxygen atoms in total. The Morgan fingerprint density at radius 2 is 1.46 bits per heavy atom. The molecule has 0 spiro atoms. The highest BCUT2D eigenvalue weighted by Crippen LogP contribution is 2.25.